The van der Waals surface area contributed by atoms with Crippen molar-refractivity contribution in [1.82, 2.24) is 25.6 Å². The molecule has 1 amide bonds. The number of carbonyl (C=O) groups is 1. The van der Waals surface area contributed by atoms with E-state index >= 15 is 0 Å². The first-order chi connectivity index (χ1) is 12.3. The summed E-state index contributed by atoms with van der Waals surface area (Å²) in [7, 11) is 0. The molecule has 0 spiro atoms. The van der Waals surface area contributed by atoms with E-state index in [-0.39, 0.29) is 5.91 Å². The first-order valence-corrected chi connectivity index (χ1v) is 9.97. The van der Waals surface area contributed by atoms with Crippen LogP contribution in [0.5, 0.6) is 0 Å². The van der Waals surface area contributed by atoms with E-state index in [4.69, 9.17) is 0 Å². The van der Waals surface area contributed by atoms with Crippen molar-refractivity contribution in [2.75, 3.05) is 25.4 Å². The average molecular weight is 359 g/mol. The lowest BCUT2D eigenvalue weighted by Crippen LogP contribution is -2.32. The normalized spacial score (nSPS) is 17.4. The van der Waals surface area contributed by atoms with Gasteiger partial charge in [0, 0.05) is 24.6 Å². The van der Waals surface area contributed by atoms with Crippen LogP contribution in [0.25, 0.3) is 0 Å². The van der Waals surface area contributed by atoms with Crippen molar-refractivity contribution < 1.29 is 4.79 Å². The maximum absolute atomic E-state index is 12.1. The lowest BCUT2D eigenvalue weighted by atomic mass is 10.00. The van der Waals surface area contributed by atoms with Crippen LogP contribution >= 0.6 is 11.8 Å². The second kappa shape index (κ2) is 9.58. The van der Waals surface area contributed by atoms with Crippen LogP contribution in [0.3, 0.4) is 0 Å². The average Bonchev–Trinajstić information content (AvgIpc) is 3.11. The molecule has 0 radical (unpaired) electrons. The fraction of sp³-hybridized carbons (Fsp3) is 0.500. The van der Waals surface area contributed by atoms with Crippen molar-refractivity contribution in [2.45, 2.75) is 25.1 Å². The number of hydrogen-bond donors (Lipinski definition) is 2. The van der Waals surface area contributed by atoms with Gasteiger partial charge in [0.2, 0.25) is 0 Å². The second-order valence-corrected chi connectivity index (χ2v) is 7.44. The molecule has 0 bridgehead atoms. The molecular formula is C18H25N5OS. The molecule has 1 aliphatic rings. The summed E-state index contributed by atoms with van der Waals surface area (Å²) in [4.78, 5) is 12.1. The molecule has 25 heavy (non-hydrogen) atoms. The predicted molar refractivity (Wildman–Crippen MR) is 101 cm³/mol. The summed E-state index contributed by atoms with van der Waals surface area (Å²) >= 11 is 1.81. The van der Waals surface area contributed by atoms with Crippen molar-refractivity contribution in [2.24, 2.45) is 5.92 Å². The van der Waals surface area contributed by atoms with Gasteiger partial charge in [0.15, 0.2) is 5.69 Å². The standard InChI is InChI=1S/C18H25N5OS/c24-18(20-9-10-25-14-15-5-2-1-3-6-15)17-13-23(22-21-17)12-16-7-4-8-19-11-16/h1-3,5-6,13,16,19H,4,7-12,14H2,(H,20,24)/t16-/m0/s1. The number of amides is 1. The number of piperidine rings is 1. The number of rotatable bonds is 8. The summed E-state index contributed by atoms with van der Waals surface area (Å²) in [6.45, 7) is 3.57. The molecule has 7 heteroatoms. The van der Waals surface area contributed by atoms with Crippen LogP contribution in [0.1, 0.15) is 28.9 Å². The summed E-state index contributed by atoms with van der Waals surface area (Å²) in [6, 6.07) is 10.3. The molecule has 134 valence electrons. The highest BCUT2D eigenvalue weighted by atomic mass is 32.2. The molecule has 3 rings (SSSR count). The van der Waals surface area contributed by atoms with E-state index in [0.29, 0.717) is 18.2 Å². The number of hydrogen-bond acceptors (Lipinski definition) is 5. The van der Waals surface area contributed by atoms with E-state index in [9.17, 15) is 4.79 Å². The minimum absolute atomic E-state index is 0.145. The van der Waals surface area contributed by atoms with Crippen molar-refractivity contribution >= 4 is 17.7 Å². The highest BCUT2D eigenvalue weighted by Gasteiger charge is 2.16. The lowest BCUT2D eigenvalue weighted by molar-refractivity contribution is 0.0951. The summed E-state index contributed by atoms with van der Waals surface area (Å²) < 4.78 is 1.79. The number of aromatic nitrogens is 3. The van der Waals surface area contributed by atoms with E-state index in [1.807, 2.05) is 30.0 Å². The van der Waals surface area contributed by atoms with Crippen molar-refractivity contribution in [3.63, 3.8) is 0 Å². The number of nitrogens with zero attached hydrogens (tertiary/aromatic N) is 3. The zero-order valence-electron chi connectivity index (χ0n) is 14.4. The molecule has 1 fully saturated rings. The quantitative estimate of drug-likeness (QED) is 0.705. The zero-order chi connectivity index (χ0) is 17.3. The topological polar surface area (TPSA) is 71.8 Å². The SMILES string of the molecule is O=C(NCCSCc1ccccc1)c1cn(C[C@H]2CCCNC2)nn1. The highest BCUT2D eigenvalue weighted by Crippen LogP contribution is 2.12. The van der Waals surface area contributed by atoms with Crippen molar-refractivity contribution in [1.29, 1.82) is 0 Å². The minimum Gasteiger partial charge on any atom is -0.350 e. The van der Waals surface area contributed by atoms with Crippen LogP contribution < -0.4 is 10.6 Å². The third-order valence-electron chi connectivity index (χ3n) is 4.26. The number of nitrogens with one attached hydrogen (secondary N) is 2. The van der Waals surface area contributed by atoms with Crippen LogP contribution in [0.2, 0.25) is 0 Å². The number of benzene rings is 1. The maximum Gasteiger partial charge on any atom is 0.273 e. The molecule has 1 atom stereocenters. The first kappa shape index (κ1) is 17.9. The molecule has 2 heterocycles. The summed E-state index contributed by atoms with van der Waals surface area (Å²) in [5.41, 5.74) is 1.70. The van der Waals surface area contributed by atoms with Crippen LogP contribution in [0, 0.1) is 5.92 Å². The predicted octanol–water partition coefficient (Wildman–Crippen LogP) is 1.94. The summed E-state index contributed by atoms with van der Waals surface area (Å²) in [5.74, 6) is 2.26. The Balaban J connectivity index is 1.35. The van der Waals surface area contributed by atoms with Gasteiger partial charge in [0.05, 0.1) is 6.20 Å². The fourth-order valence-corrected chi connectivity index (χ4v) is 3.75. The van der Waals surface area contributed by atoms with Crippen LogP contribution in [-0.4, -0.2) is 46.3 Å². The van der Waals surface area contributed by atoms with Crippen molar-refractivity contribution in [3.05, 3.63) is 47.8 Å². The number of thioether (sulfide) groups is 1. The minimum atomic E-state index is -0.145. The molecule has 1 aromatic carbocycles. The van der Waals surface area contributed by atoms with Gasteiger partial charge in [0.25, 0.3) is 5.91 Å². The third kappa shape index (κ3) is 5.86. The van der Waals surface area contributed by atoms with Crippen LogP contribution in [0.15, 0.2) is 36.5 Å². The monoisotopic (exact) mass is 359 g/mol. The second-order valence-electron chi connectivity index (χ2n) is 6.33. The van der Waals surface area contributed by atoms with E-state index in [2.05, 4.69) is 33.1 Å². The molecular weight excluding hydrogens is 334 g/mol. The molecule has 1 aliphatic heterocycles. The van der Waals surface area contributed by atoms with E-state index in [1.54, 1.807) is 10.9 Å². The molecule has 1 aromatic heterocycles. The molecule has 0 unspecified atom stereocenters. The lowest BCUT2D eigenvalue weighted by Gasteiger charge is -2.22. The van der Waals surface area contributed by atoms with Gasteiger partial charge in [-0.3, -0.25) is 9.48 Å². The Labute approximate surface area is 152 Å². The smallest absolute Gasteiger partial charge is 0.273 e. The Hall–Kier alpha value is -1.86. The third-order valence-corrected chi connectivity index (χ3v) is 5.29. The van der Waals surface area contributed by atoms with Gasteiger partial charge >= 0.3 is 0 Å². The van der Waals surface area contributed by atoms with Gasteiger partial charge in [-0.1, -0.05) is 35.5 Å². The van der Waals surface area contributed by atoms with Gasteiger partial charge in [-0.05, 0) is 37.4 Å². The molecule has 2 aromatic rings. The molecule has 6 nitrogen and oxygen atoms in total. The molecule has 0 aliphatic carbocycles. The Morgan fingerprint density at radius 3 is 3.04 bits per heavy atom. The van der Waals surface area contributed by atoms with Gasteiger partial charge in [-0.2, -0.15) is 11.8 Å². The summed E-state index contributed by atoms with van der Waals surface area (Å²) in [5, 5.41) is 14.4. The van der Waals surface area contributed by atoms with E-state index < -0.39 is 0 Å². The van der Waals surface area contributed by atoms with E-state index in [1.165, 1.54) is 18.4 Å². The van der Waals surface area contributed by atoms with Gasteiger partial charge < -0.3 is 10.6 Å². The number of carbonyl (C=O) groups excluding carboxylic acids is 1. The van der Waals surface area contributed by atoms with Crippen LogP contribution in [0.4, 0.5) is 0 Å². The molecule has 2 N–H and O–H groups in total. The van der Waals surface area contributed by atoms with Crippen LogP contribution in [-0.2, 0) is 12.3 Å². The van der Waals surface area contributed by atoms with E-state index in [0.717, 1.165) is 31.1 Å². The Morgan fingerprint density at radius 2 is 2.24 bits per heavy atom. The Kier molecular flexibility index (Phi) is 6.88. The fourth-order valence-electron chi connectivity index (χ4n) is 2.93. The first-order valence-electron chi connectivity index (χ1n) is 8.82. The Bertz CT molecular complexity index is 654. The van der Waals surface area contributed by atoms with Crippen molar-refractivity contribution in [3.8, 4) is 0 Å². The van der Waals surface area contributed by atoms with Gasteiger partial charge in [-0.25, -0.2) is 0 Å². The largest absolute Gasteiger partial charge is 0.350 e. The zero-order valence-corrected chi connectivity index (χ0v) is 15.2. The van der Waals surface area contributed by atoms with Gasteiger partial charge in [0.1, 0.15) is 0 Å². The molecule has 0 saturated carbocycles. The highest BCUT2D eigenvalue weighted by molar-refractivity contribution is 7.98. The van der Waals surface area contributed by atoms with Gasteiger partial charge in [-0.15, -0.1) is 5.10 Å². The molecule has 1 saturated heterocycles. The maximum atomic E-state index is 12.1. The Morgan fingerprint density at radius 1 is 1.36 bits per heavy atom. The summed E-state index contributed by atoms with van der Waals surface area (Å²) in [6.07, 6.45) is 4.15.